The number of benzene rings is 1. The van der Waals surface area contributed by atoms with Crippen LogP contribution in [0, 0.1) is 0 Å². The van der Waals surface area contributed by atoms with Gasteiger partial charge in [-0.25, -0.2) is 0 Å². The number of hydrogen-bond acceptors (Lipinski definition) is 3. The SMILES string of the molecule is CCCCOc1cc(C(=O)C(F)(F)F)ccc1OC. The Bertz CT molecular complexity index is 441. The van der Waals surface area contributed by atoms with E-state index >= 15 is 0 Å². The zero-order valence-corrected chi connectivity index (χ0v) is 10.7. The van der Waals surface area contributed by atoms with Gasteiger partial charge in [0.25, 0.3) is 5.78 Å². The van der Waals surface area contributed by atoms with E-state index in [9.17, 15) is 18.0 Å². The van der Waals surface area contributed by atoms with Crippen molar-refractivity contribution in [3.63, 3.8) is 0 Å². The highest BCUT2D eigenvalue weighted by Gasteiger charge is 2.39. The van der Waals surface area contributed by atoms with Crippen LogP contribution in [0.4, 0.5) is 13.2 Å². The Labute approximate surface area is 109 Å². The third kappa shape index (κ3) is 4.15. The maximum atomic E-state index is 12.3. The van der Waals surface area contributed by atoms with Crippen molar-refractivity contribution in [2.45, 2.75) is 25.9 Å². The summed E-state index contributed by atoms with van der Waals surface area (Å²) in [5, 5.41) is 0. The minimum absolute atomic E-state index is 0.144. The van der Waals surface area contributed by atoms with Crippen molar-refractivity contribution in [1.29, 1.82) is 0 Å². The summed E-state index contributed by atoms with van der Waals surface area (Å²) in [6.07, 6.45) is -3.24. The molecule has 0 amide bonds. The molecule has 19 heavy (non-hydrogen) atoms. The normalized spacial score (nSPS) is 11.2. The molecule has 6 heteroatoms. The summed E-state index contributed by atoms with van der Waals surface area (Å²) in [5.74, 6) is -1.45. The largest absolute Gasteiger partial charge is 0.493 e. The molecule has 1 aromatic carbocycles. The zero-order valence-electron chi connectivity index (χ0n) is 10.7. The highest BCUT2D eigenvalue weighted by atomic mass is 19.4. The molecule has 1 aromatic rings. The smallest absolute Gasteiger partial charge is 0.454 e. The van der Waals surface area contributed by atoms with E-state index in [4.69, 9.17) is 9.47 Å². The molecular formula is C13H15F3O3. The molecule has 0 atom stereocenters. The monoisotopic (exact) mass is 276 g/mol. The molecule has 1 rings (SSSR count). The van der Waals surface area contributed by atoms with E-state index in [0.29, 0.717) is 12.4 Å². The van der Waals surface area contributed by atoms with Crippen LogP contribution in [0.15, 0.2) is 18.2 Å². The van der Waals surface area contributed by atoms with E-state index in [-0.39, 0.29) is 5.75 Å². The van der Waals surface area contributed by atoms with Crippen LogP contribution in [0.25, 0.3) is 0 Å². The van der Waals surface area contributed by atoms with Crippen molar-refractivity contribution >= 4 is 5.78 Å². The quantitative estimate of drug-likeness (QED) is 0.588. The number of Topliss-reactive ketones (excluding diaryl/α,β-unsaturated/α-hetero) is 1. The Hall–Kier alpha value is -1.72. The summed E-state index contributed by atoms with van der Waals surface area (Å²) >= 11 is 0. The van der Waals surface area contributed by atoms with E-state index in [0.717, 1.165) is 25.0 Å². The number of ether oxygens (including phenoxy) is 2. The number of carbonyl (C=O) groups is 1. The molecule has 0 unspecified atom stereocenters. The van der Waals surface area contributed by atoms with Crippen molar-refractivity contribution in [2.75, 3.05) is 13.7 Å². The summed E-state index contributed by atoms with van der Waals surface area (Å²) in [6.45, 7) is 2.32. The Balaban J connectivity index is 2.97. The van der Waals surface area contributed by atoms with Crippen LogP contribution in [0.2, 0.25) is 0 Å². The number of halogens is 3. The molecule has 0 fully saturated rings. The molecule has 0 aliphatic rings. The first-order valence-corrected chi connectivity index (χ1v) is 5.82. The molecule has 0 heterocycles. The lowest BCUT2D eigenvalue weighted by atomic mass is 10.1. The summed E-state index contributed by atoms with van der Waals surface area (Å²) in [7, 11) is 1.38. The number of unbranched alkanes of at least 4 members (excludes halogenated alkanes) is 1. The van der Waals surface area contributed by atoms with Gasteiger partial charge >= 0.3 is 6.18 Å². The number of ketones is 1. The highest BCUT2D eigenvalue weighted by Crippen LogP contribution is 2.31. The summed E-state index contributed by atoms with van der Waals surface area (Å²) in [6, 6.07) is 3.42. The molecule has 0 aliphatic carbocycles. The van der Waals surface area contributed by atoms with Crippen molar-refractivity contribution in [1.82, 2.24) is 0 Å². The molecule has 0 aliphatic heterocycles. The molecule has 0 aromatic heterocycles. The fourth-order valence-corrected chi connectivity index (χ4v) is 1.42. The molecule has 0 radical (unpaired) electrons. The second-order valence-corrected chi connectivity index (χ2v) is 3.89. The number of carbonyl (C=O) groups excluding carboxylic acids is 1. The molecule has 0 saturated heterocycles. The van der Waals surface area contributed by atoms with Gasteiger partial charge in [0.2, 0.25) is 0 Å². The minimum Gasteiger partial charge on any atom is -0.493 e. The first-order chi connectivity index (χ1) is 8.90. The highest BCUT2D eigenvalue weighted by molar-refractivity contribution is 6.00. The lowest BCUT2D eigenvalue weighted by Gasteiger charge is -2.12. The molecule has 0 bridgehead atoms. The van der Waals surface area contributed by atoms with Crippen LogP contribution in [0.5, 0.6) is 11.5 Å². The number of alkyl halides is 3. The van der Waals surface area contributed by atoms with Crippen LogP contribution in [0.3, 0.4) is 0 Å². The summed E-state index contributed by atoms with van der Waals surface area (Å²) in [5.41, 5.74) is -0.459. The number of hydrogen-bond donors (Lipinski definition) is 0. The Morgan fingerprint density at radius 3 is 2.47 bits per heavy atom. The van der Waals surface area contributed by atoms with Gasteiger partial charge in [0.15, 0.2) is 11.5 Å². The second kappa shape index (κ2) is 6.45. The van der Waals surface area contributed by atoms with Gasteiger partial charge < -0.3 is 9.47 Å². The maximum absolute atomic E-state index is 12.3. The fraction of sp³-hybridized carbons (Fsp3) is 0.462. The van der Waals surface area contributed by atoms with E-state index < -0.39 is 17.5 Å². The van der Waals surface area contributed by atoms with Gasteiger partial charge in [-0.2, -0.15) is 13.2 Å². The predicted octanol–water partition coefficient (Wildman–Crippen LogP) is 3.62. The second-order valence-electron chi connectivity index (χ2n) is 3.89. The lowest BCUT2D eigenvalue weighted by molar-refractivity contribution is -0.0885. The van der Waals surface area contributed by atoms with Gasteiger partial charge in [-0.15, -0.1) is 0 Å². The molecule has 3 nitrogen and oxygen atoms in total. The van der Waals surface area contributed by atoms with E-state index in [1.165, 1.54) is 13.2 Å². The van der Waals surface area contributed by atoms with Crippen LogP contribution < -0.4 is 9.47 Å². The Morgan fingerprint density at radius 1 is 1.26 bits per heavy atom. The van der Waals surface area contributed by atoms with E-state index in [1.54, 1.807) is 0 Å². The van der Waals surface area contributed by atoms with Crippen molar-refractivity contribution in [2.24, 2.45) is 0 Å². The number of methoxy groups -OCH3 is 1. The molecule has 0 spiro atoms. The van der Waals surface area contributed by atoms with Gasteiger partial charge in [-0.3, -0.25) is 4.79 Å². The standard InChI is InChI=1S/C13H15F3O3/c1-3-4-7-19-11-8-9(5-6-10(11)18-2)12(17)13(14,15)16/h5-6,8H,3-4,7H2,1-2H3. The Kier molecular flexibility index (Phi) is 5.20. The van der Waals surface area contributed by atoms with Gasteiger partial charge in [-0.05, 0) is 24.6 Å². The maximum Gasteiger partial charge on any atom is 0.454 e. The van der Waals surface area contributed by atoms with Crippen molar-refractivity contribution in [3.05, 3.63) is 23.8 Å². The minimum atomic E-state index is -4.89. The van der Waals surface area contributed by atoms with Crippen LogP contribution in [-0.4, -0.2) is 25.7 Å². The van der Waals surface area contributed by atoms with Crippen LogP contribution >= 0.6 is 0 Å². The molecule has 0 saturated carbocycles. The topological polar surface area (TPSA) is 35.5 Å². The van der Waals surface area contributed by atoms with Gasteiger partial charge in [0, 0.05) is 5.56 Å². The molecule has 0 N–H and O–H groups in total. The molecule has 106 valence electrons. The first-order valence-electron chi connectivity index (χ1n) is 5.82. The van der Waals surface area contributed by atoms with Gasteiger partial charge in [0.05, 0.1) is 13.7 Å². The Morgan fingerprint density at radius 2 is 1.95 bits per heavy atom. The van der Waals surface area contributed by atoms with Crippen molar-refractivity contribution < 1.29 is 27.4 Å². The van der Waals surface area contributed by atoms with Gasteiger partial charge in [-0.1, -0.05) is 13.3 Å². The molecular weight excluding hydrogens is 261 g/mol. The van der Waals surface area contributed by atoms with E-state index in [2.05, 4.69) is 0 Å². The van der Waals surface area contributed by atoms with Gasteiger partial charge in [0.1, 0.15) is 0 Å². The lowest BCUT2D eigenvalue weighted by Crippen LogP contribution is -2.22. The van der Waals surface area contributed by atoms with Crippen LogP contribution in [0.1, 0.15) is 30.1 Å². The third-order valence-corrected chi connectivity index (χ3v) is 2.44. The van der Waals surface area contributed by atoms with E-state index in [1.807, 2.05) is 6.92 Å². The average Bonchev–Trinajstić information content (AvgIpc) is 2.37. The summed E-state index contributed by atoms with van der Waals surface area (Å²) < 4.78 is 47.3. The zero-order chi connectivity index (χ0) is 14.5. The fourth-order valence-electron chi connectivity index (χ4n) is 1.42. The average molecular weight is 276 g/mol. The first kappa shape index (κ1) is 15.3. The summed E-state index contributed by atoms with van der Waals surface area (Å²) in [4.78, 5) is 11.1. The van der Waals surface area contributed by atoms with Crippen molar-refractivity contribution in [3.8, 4) is 11.5 Å². The van der Waals surface area contributed by atoms with Crippen LogP contribution in [-0.2, 0) is 0 Å². The third-order valence-electron chi connectivity index (χ3n) is 2.44. The predicted molar refractivity (Wildman–Crippen MR) is 63.8 cm³/mol. The number of rotatable bonds is 6.